The molecule has 0 spiro atoms. The van der Waals surface area contributed by atoms with Crippen molar-refractivity contribution in [3.63, 3.8) is 0 Å². The molecule has 0 amide bonds. The van der Waals surface area contributed by atoms with Gasteiger partial charge in [0.15, 0.2) is 0 Å². The Morgan fingerprint density at radius 3 is 2.73 bits per heavy atom. The summed E-state index contributed by atoms with van der Waals surface area (Å²) < 4.78 is 0. The summed E-state index contributed by atoms with van der Waals surface area (Å²) in [4.78, 5) is 0. The largest absolute Gasteiger partial charge is 0.0834 e. The molecule has 1 aliphatic carbocycles. The Bertz CT molecular complexity index is 335. The molecule has 0 aromatic rings. The fourth-order valence-electron chi connectivity index (χ4n) is 2.06. The molecular formula is C15H21. The van der Waals surface area contributed by atoms with E-state index in [0.29, 0.717) is 5.41 Å². The maximum absolute atomic E-state index is 5.47. The number of hydrogen-bond donors (Lipinski definition) is 0. The van der Waals surface area contributed by atoms with Crippen molar-refractivity contribution in [3.8, 4) is 0 Å². The van der Waals surface area contributed by atoms with Crippen LogP contribution in [-0.4, -0.2) is 0 Å². The molecular weight excluding hydrogens is 180 g/mol. The molecule has 0 unspecified atom stereocenters. The molecule has 0 aliphatic heterocycles. The van der Waals surface area contributed by atoms with E-state index in [2.05, 4.69) is 39.0 Å². The zero-order valence-corrected chi connectivity index (χ0v) is 10.3. The van der Waals surface area contributed by atoms with Gasteiger partial charge in [-0.2, -0.15) is 0 Å². The van der Waals surface area contributed by atoms with Gasteiger partial charge in [0, 0.05) is 0 Å². The Morgan fingerprint density at radius 1 is 1.53 bits per heavy atom. The third-order valence-electron chi connectivity index (χ3n) is 3.18. The second-order valence-corrected chi connectivity index (χ2v) is 4.97. The minimum absolute atomic E-state index is 0.296. The second-order valence-electron chi connectivity index (χ2n) is 4.97. The molecule has 0 heteroatoms. The zero-order chi connectivity index (χ0) is 11.5. The highest BCUT2D eigenvalue weighted by Gasteiger charge is 2.24. The van der Waals surface area contributed by atoms with Crippen molar-refractivity contribution in [2.75, 3.05) is 0 Å². The fourth-order valence-corrected chi connectivity index (χ4v) is 2.06. The summed E-state index contributed by atoms with van der Waals surface area (Å²) in [6.45, 7) is 14.3. The summed E-state index contributed by atoms with van der Waals surface area (Å²) >= 11 is 0. The van der Waals surface area contributed by atoms with Gasteiger partial charge >= 0.3 is 0 Å². The molecule has 1 aliphatic rings. The molecule has 1 rings (SSSR count). The lowest BCUT2D eigenvalue weighted by atomic mass is 9.74. The molecule has 0 saturated carbocycles. The van der Waals surface area contributed by atoms with Gasteiger partial charge in [-0.3, -0.25) is 0 Å². The van der Waals surface area contributed by atoms with E-state index < -0.39 is 0 Å². The van der Waals surface area contributed by atoms with Crippen molar-refractivity contribution in [3.05, 3.63) is 47.6 Å². The molecule has 0 aromatic carbocycles. The van der Waals surface area contributed by atoms with Crippen molar-refractivity contribution in [2.45, 2.75) is 40.5 Å². The van der Waals surface area contributed by atoms with Crippen LogP contribution in [0.4, 0.5) is 0 Å². The Hall–Kier alpha value is -1.04. The summed E-state index contributed by atoms with van der Waals surface area (Å²) in [5.74, 6) is 0. The van der Waals surface area contributed by atoms with Gasteiger partial charge in [0.25, 0.3) is 0 Å². The monoisotopic (exact) mass is 201 g/mol. The molecule has 1 radical (unpaired) electrons. The molecule has 0 N–H and O–H groups in total. The highest BCUT2D eigenvalue weighted by Crippen LogP contribution is 2.38. The topological polar surface area (TPSA) is 0 Å². The molecule has 0 fully saturated rings. The third kappa shape index (κ3) is 2.95. The average Bonchev–Trinajstić information content (AvgIpc) is 2.15. The Kier molecular flexibility index (Phi) is 3.73. The third-order valence-corrected chi connectivity index (χ3v) is 3.18. The summed E-state index contributed by atoms with van der Waals surface area (Å²) in [6.07, 6.45) is 10.5. The lowest BCUT2D eigenvalue weighted by molar-refractivity contribution is 0.435. The van der Waals surface area contributed by atoms with Gasteiger partial charge in [-0.1, -0.05) is 61.4 Å². The molecule has 81 valence electrons. The van der Waals surface area contributed by atoms with Crippen LogP contribution in [0.1, 0.15) is 40.5 Å². The van der Waals surface area contributed by atoms with Crippen molar-refractivity contribution < 1.29 is 0 Å². The molecule has 0 saturated heterocycles. The van der Waals surface area contributed by atoms with Crippen LogP contribution in [0, 0.1) is 12.0 Å². The normalized spacial score (nSPS) is 20.7. The van der Waals surface area contributed by atoms with E-state index in [1.807, 2.05) is 6.92 Å². The first-order chi connectivity index (χ1) is 6.97. The summed E-state index contributed by atoms with van der Waals surface area (Å²) in [5.41, 5.74) is 4.39. The van der Waals surface area contributed by atoms with Gasteiger partial charge < -0.3 is 0 Å². The predicted octanol–water partition coefficient (Wildman–Crippen LogP) is 4.61. The molecule has 15 heavy (non-hydrogen) atoms. The van der Waals surface area contributed by atoms with Gasteiger partial charge in [-0.15, -0.1) is 0 Å². The lowest BCUT2D eigenvalue weighted by Gasteiger charge is -2.31. The van der Waals surface area contributed by atoms with Crippen LogP contribution in [0.25, 0.3) is 0 Å². The second kappa shape index (κ2) is 4.65. The quantitative estimate of drug-likeness (QED) is 0.585. The van der Waals surface area contributed by atoms with Crippen LogP contribution in [0.15, 0.2) is 41.0 Å². The first kappa shape index (κ1) is 12.0. The first-order valence-corrected chi connectivity index (χ1v) is 5.56. The van der Waals surface area contributed by atoms with Crippen LogP contribution in [0.2, 0.25) is 0 Å². The van der Waals surface area contributed by atoms with Gasteiger partial charge in [0.05, 0.1) is 0 Å². The van der Waals surface area contributed by atoms with Crippen LogP contribution in [-0.2, 0) is 0 Å². The van der Waals surface area contributed by atoms with Crippen LogP contribution in [0.5, 0.6) is 0 Å². The van der Waals surface area contributed by atoms with Gasteiger partial charge in [-0.25, -0.2) is 0 Å². The van der Waals surface area contributed by atoms with Crippen molar-refractivity contribution in [1.29, 1.82) is 0 Å². The highest BCUT2D eigenvalue weighted by atomic mass is 14.3. The van der Waals surface area contributed by atoms with E-state index in [1.54, 1.807) is 6.08 Å². The Morgan fingerprint density at radius 2 is 2.20 bits per heavy atom. The summed E-state index contributed by atoms with van der Waals surface area (Å²) in [7, 11) is 0. The van der Waals surface area contributed by atoms with E-state index in [1.165, 1.54) is 11.1 Å². The van der Waals surface area contributed by atoms with E-state index in [-0.39, 0.29) is 0 Å². The summed E-state index contributed by atoms with van der Waals surface area (Å²) in [5, 5.41) is 0. The molecule has 0 nitrogen and oxygen atoms in total. The maximum atomic E-state index is 5.47. The number of hydrogen-bond acceptors (Lipinski definition) is 0. The lowest BCUT2D eigenvalue weighted by Crippen LogP contribution is -2.17. The molecule has 0 bridgehead atoms. The Balaban J connectivity index is 2.90. The zero-order valence-electron chi connectivity index (χ0n) is 10.3. The fraction of sp³-hybridized carbons (Fsp3) is 0.467. The molecule has 0 atom stereocenters. The van der Waals surface area contributed by atoms with Crippen LogP contribution >= 0.6 is 0 Å². The van der Waals surface area contributed by atoms with E-state index in [9.17, 15) is 0 Å². The maximum Gasteiger partial charge on any atom is -0.0101 e. The summed E-state index contributed by atoms with van der Waals surface area (Å²) in [6, 6.07) is 0. The van der Waals surface area contributed by atoms with E-state index in [0.717, 1.165) is 18.4 Å². The van der Waals surface area contributed by atoms with Crippen LogP contribution in [0.3, 0.4) is 0 Å². The number of allylic oxidation sites excluding steroid dienone is 7. The van der Waals surface area contributed by atoms with E-state index >= 15 is 0 Å². The van der Waals surface area contributed by atoms with Crippen LogP contribution < -0.4 is 0 Å². The number of rotatable bonds is 3. The minimum Gasteiger partial charge on any atom is -0.0834 e. The van der Waals surface area contributed by atoms with Gasteiger partial charge in [0.2, 0.25) is 0 Å². The molecule has 0 heterocycles. The minimum atomic E-state index is 0.296. The Labute approximate surface area is 94.1 Å². The standard InChI is InChI=1S/C15H21/c1-6-12(2)9-10-14-13(3)8-7-11-15(14,4)5/h1,6-9H,10-11H2,2-5H3. The van der Waals surface area contributed by atoms with Crippen molar-refractivity contribution >= 4 is 0 Å². The average molecular weight is 201 g/mol. The van der Waals surface area contributed by atoms with E-state index in [4.69, 9.17) is 6.58 Å². The van der Waals surface area contributed by atoms with Crippen molar-refractivity contribution in [1.82, 2.24) is 0 Å². The predicted molar refractivity (Wildman–Crippen MR) is 67.5 cm³/mol. The highest BCUT2D eigenvalue weighted by molar-refractivity contribution is 5.34. The first-order valence-electron chi connectivity index (χ1n) is 5.56. The smallest absolute Gasteiger partial charge is 0.0101 e. The van der Waals surface area contributed by atoms with Crippen molar-refractivity contribution in [2.24, 2.45) is 5.41 Å². The van der Waals surface area contributed by atoms with Gasteiger partial charge in [0.1, 0.15) is 0 Å². The SMILES string of the molecule is [CH]=CC(C)=CCC1=C(C)C=CCC1(C)C. The van der Waals surface area contributed by atoms with Gasteiger partial charge in [-0.05, 0) is 32.1 Å². The molecule has 0 aromatic heterocycles.